The minimum absolute atomic E-state index is 0.239. The van der Waals surface area contributed by atoms with Gasteiger partial charge in [-0.15, -0.1) is 6.58 Å². The molecule has 0 spiro atoms. The van der Waals surface area contributed by atoms with Crippen LogP contribution in [0.4, 0.5) is 0 Å². The molecule has 0 N–H and O–H groups in total. The van der Waals surface area contributed by atoms with Gasteiger partial charge in [-0.05, 0) is 19.8 Å². The van der Waals surface area contributed by atoms with Crippen molar-refractivity contribution >= 4 is 0 Å². The first-order valence-corrected chi connectivity index (χ1v) is 4.11. The van der Waals surface area contributed by atoms with Crippen molar-refractivity contribution in [1.29, 1.82) is 0 Å². The molecule has 58 valence electrons. The molecule has 1 aliphatic rings. The van der Waals surface area contributed by atoms with Crippen LogP contribution in [0.3, 0.4) is 0 Å². The minimum atomic E-state index is 0.239. The first-order valence-electron chi connectivity index (χ1n) is 4.11. The van der Waals surface area contributed by atoms with Gasteiger partial charge in [0.2, 0.25) is 0 Å². The Morgan fingerprint density at radius 3 is 2.60 bits per heavy atom. The monoisotopic (exact) mass is 140 g/mol. The van der Waals surface area contributed by atoms with Crippen LogP contribution in [0.15, 0.2) is 12.7 Å². The first kappa shape index (κ1) is 7.80. The van der Waals surface area contributed by atoms with Gasteiger partial charge in [0, 0.05) is 0 Å². The molecule has 0 aromatic rings. The fraction of sp³-hybridized carbons (Fsp3) is 0.778. The second kappa shape index (κ2) is 3.77. The van der Waals surface area contributed by atoms with Crippen LogP contribution in [0.2, 0.25) is 0 Å². The molecule has 0 aromatic heterocycles. The van der Waals surface area contributed by atoms with E-state index in [0.717, 1.165) is 0 Å². The zero-order chi connectivity index (χ0) is 7.40. The Balaban J connectivity index is 2.17. The normalized spacial score (nSPS) is 22.9. The van der Waals surface area contributed by atoms with Crippen LogP contribution in [0, 0.1) is 0 Å². The summed E-state index contributed by atoms with van der Waals surface area (Å²) >= 11 is 0. The summed E-state index contributed by atoms with van der Waals surface area (Å²) in [5.74, 6) is 0. The Labute approximate surface area is 63.1 Å². The van der Waals surface area contributed by atoms with Gasteiger partial charge in [-0.25, -0.2) is 0 Å². The molecule has 0 bridgehead atoms. The van der Waals surface area contributed by atoms with Gasteiger partial charge in [0.1, 0.15) is 0 Å². The van der Waals surface area contributed by atoms with E-state index in [2.05, 4.69) is 6.58 Å². The van der Waals surface area contributed by atoms with Crippen molar-refractivity contribution < 1.29 is 4.74 Å². The van der Waals surface area contributed by atoms with Crippen LogP contribution in [-0.2, 0) is 4.74 Å². The van der Waals surface area contributed by atoms with Crippen LogP contribution in [0.5, 0.6) is 0 Å². The average Bonchev–Trinajstić information content (AvgIpc) is 2.40. The van der Waals surface area contributed by atoms with E-state index < -0.39 is 0 Å². The lowest BCUT2D eigenvalue weighted by molar-refractivity contribution is 0.0278. The van der Waals surface area contributed by atoms with Crippen molar-refractivity contribution in [2.75, 3.05) is 0 Å². The Kier molecular flexibility index (Phi) is 2.94. The fourth-order valence-electron chi connectivity index (χ4n) is 1.38. The van der Waals surface area contributed by atoms with E-state index in [0.29, 0.717) is 6.10 Å². The van der Waals surface area contributed by atoms with Crippen LogP contribution >= 0.6 is 0 Å². The minimum Gasteiger partial charge on any atom is -0.371 e. The molecule has 10 heavy (non-hydrogen) atoms. The summed E-state index contributed by atoms with van der Waals surface area (Å²) in [5, 5.41) is 0. The van der Waals surface area contributed by atoms with E-state index in [-0.39, 0.29) is 6.10 Å². The molecule has 0 aromatic carbocycles. The molecular formula is C9H16O. The number of rotatable bonds is 3. The zero-order valence-corrected chi connectivity index (χ0v) is 6.68. The summed E-state index contributed by atoms with van der Waals surface area (Å²) in [4.78, 5) is 0. The molecule has 0 saturated heterocycles. The Morgan fingerprint density at radius 1 is 1.50 bits per heavy atom. The van der Waals surface area contributed by atoms with Crippen LogP contribution < -0.4 is 0 Å². The maximum absolute atomic E-state index is 5.64. The van der Waals surface area contributed by atoms with Crippen molar-refractivity contribution in [2.24, 2.45) is 0 Å². The summed E-state index contributed by atoms with van der Waals surface area (Å²) in [6.07, 6.45) is 7.80. The molecule has 0 radical (unpaired) electrons. The zero-order valence-electron chi connectivity index (χ0n) is 6.68. The van der Waals surface area contributed by atoms with E-state index in [1.807, 2.05) is 13.0 Å². The molecule has 1 heteroatoms. The van der Waals surface area contributed by atoms with Crippen molar-refractivity contribution in [3.05, 3.63) is 12.7 Å². The highest BCUT2D eigenvalue weighted by Crippen LogP contribution is 2.22. The Morgan fingerprint density at radius 2 is 2.10 bits per heavy atom. The molecule has 1 saturated carbocycles. The van der Waals surface area contributed by atoms with E-state index >= 15 is 0 Å². The lowest BCUT2D eigenvalue weighted by Gasteiger charge is -2.14. The summed E-state index contributed by atoms with van der Waals surface area (Å²) < 4.78 is 5.64. The second-order valence-electron chi connectivity index (χ2n) is 2.98. The van der Waals surface area contributed by atoms with Gasteiger partial charge in [0.05, 0.1) is 12.2 Å². The summed E-state index contributed by atoms with van der Waals surface area (Å²) in [6.45, 7) is 5.72. The molecule has 1 unspecified atom stereocenters. The number of ether oxygens (including phenoxy) is 1. The Hall–Kier alpha value is -0.300. The van der Waals surface area contributed by atoms with Gasteiger partial charge in [-0.2, -0.15) is 0 Å². The van der Waals surface area contributed by atoms with Gasteiger partial charge in [-0.3, -0.25) is 0 Å². The van der Waals surface area contributed by atoms with E-state index in [9.17, 15) is 0 Å². The standard InChI is InChI=1S/C9H16O/c1-3-8(2)10-9-6-4-5-7-9/h3,8-9H,1,4-7H2,2H3. The predicted octanol–water partition coefficient (Wildman–Crippen LogP) is 2.52. The predicted molar refractivity (Wildman–Crippen MR) is 43.0 cm³/mol. The topological polar surface area (TPSA) is 9.23 Å². The molecule has 1 rings (SSSR count). The molecule has 1 aliphatic carbocycles. The van der Waals surface area contributed by atoms with Gasteiger partial charge in [0.15, 0.2) is 0 Å². The highest BCUT2D eigenvalue weighted by Gasteiger charge is 2.16. The molecule has 1 nitrogen and oxygen atoms in total. The van der Waals surface area contributed by atoms with Gasteiger partial charge < -0.3 is 4.74 Å². The maximum atomic E-state index is 5.64. The highest BCUT2D eigenvalue weighted by atomic mass is 16.5. The summed E-state index contributed by atoms with van der Waals surface area (Å²) in [6, 6.07) is 0. The van der Waals surface area contributed by atoms with Gasteiger partial charge in [-0.1, -0.05) is 18.9 Å². The van der Waals surface area contributed by atoms with Crippen molar-refractivity contribution in [3.63, 3.8) is 0 Å². The average molecular weight is 140 g/mol. The lowest BCUT2D eigenvalue weighted by Crippen LogP contribution is -2.14. The molecule has 0 heterocycles. The SMILES string of the molecule is C=CC(C)OC1CCCC1. The van der Waals surface area contributed by atoms with Crippen LogP contribution in [0.1, 0.15) is 32.6 Å². The quantitative estimate of drug-likeness (QED) is 0.547. The molecule has 0 aliphatic heterocycles. The lowest BCUT2D eigenvalue weighted by atomic mass is 10.3. The molecule has 1 fully saturated rings. The van der Waals surface area contributed by atoms with E-state index in [1.165, 1.54) is 25.7 Å². The second-order valence-corrected chi connectivity index (χ2v) is 2.98. The van der Waals surface area contributed by atoms with E-state index in [1.54, 1.807) is 0 Å². The smallest absolute Gasteiger partial charge is 0.0728 e. The van der Waals surface area contributed by atoms with Crippen molar-refractivity contribution in [2.45, 2.75) is 44.8 Å². The molecular weight excluding hydrogens is 124 g/mol. The van der Waals surface area contributed by atoms with Crippen LogP contribution in [0.25, 0.3) is 0 Å². The van der Waals surface area contributed by atoms with Crippen molar-refractivity contribution in [3.8, 4) is 0 Å². The van der Waals surface area contributed by atoms with Crippen molar-refractivity contribution in [1.82, 2.24) is 0 Å². The fourth-order valence-corrected chi connectivity index (χ4v) is 1.38. The maximum Gasteiger partial charge on any atom is 0.0728 e. The largest absolute Gasteiger partial charge is 0.371 e. The first-order chi connectivity index (χ1) is 4.83. The molecule has 1 atom stereocenters. The Bertz CT molecular complexity index is 103. The van der Waals surface area contributed by atoms with Crippen LogP contribution in [-0.4, -0.2) is 12.2 Å². The van der Waals surface area contributed by atoms with Gasteiger partial charge in [0.25, 0.3) is 0 Å². The third-order valence-corrected chi connectivity index (χ3v) is 2.04. The van der Waals surface area contributed by atoms with E-state index in [4.69, 9.17) is 4.74 Å². The third kappa shape index (κ3) is 2.14. The third-order valence-electron chi connectivity index (χ3n) is 2.04. The summed E-state index contributed by atoms with van der Waals surface area (Å²) in [7, 11) is 0. The van der Waals surface area contributed by atoms with Gasteiger partial charge >= 0.3 is 0 Å². The number of hydrogen-bond acceptors (Lipinski definition) is 1. The highest BCUT2D eigenvalue weighted by molar-refractivity contribution is 4.78. The summed E-state index contributed by atoms with van der Waals surface area (Å²) in [5.41, 5.74) is 0. The molecule has 0 amide bonds. The number of hydrogen-bond donors (Lipinski definition) is 0.